The van der Waals surface area contributed by atoms with E-state index >= 15 is 0 Å². The molecule has 4 nitrogen and oxygen atoms in total. The van der Waals surface area contributed by atoms with Gasteiger partial charge >= 0.3 is 6.18 Å². The predicted octanol–water partition coefficient (Wildman–Crippen LogP) is 3.37. The largest absolute Gasteiger partial charge is 0.401 e. The van der Waals surface area contributed by atoms with Crippen molar-refractivity contribution in [1.82, 2.24) is 15.5 Å². The molecule has 0 amide bonds. The molecule has 1 heterocycles. The molecule has 0 aliphatic carbocycles. The molecule has 0 radical (unpaired) electrons. The number of guanidine groups is 1. The molecule has 2 rings (SSSR count). The van der Waals surface area contributed by atoms with Gasteiger partial charge in [-0.3, -0.25) is 9.89 Å². The van der Waals surface area contributed by atoms with Crippen LogP contribution in [-0.2, 0) is 6.54 Å². The number of likely N-dealkylation sites (tertiary alicyclic amines) is 1. The third kappa shape index (κ3) is 7.56. The number of hydrogen-bond donors (Lipinski definition) is 2. The molecule has 1 saturated heterocycles. The van der Waals surface area contributed by atoms with Gasteiger partial charge in [0.05, 0.1) is 6.54 Å². The summed E-state index contributed by atoms with van der Waals surface area (Å²) in [5.41, 5.74) is 1.10. The Morgan fingerprint density at radius 3 is 2.58 bits per heavy atom. The molecule has 1 unspecified atom stereocenters. The molecule has 1 fully saturated rings. The number of nitrogens with zero attached hydrogens (tertiary/aromatic N) is 2. The van der Waals surface area contributed by atoms with E-state index in [4.69, 9.17) is 0 Å². The van der Waals surface area contributed by atoms with E-state index in [1.54, 1.807) is 7.05 Å². The van der Waals surface area contributed by atoms with E-state index in [0.29, 0.717) is 32.0 Å². The lowest BCUT2D eigenvalue weighted by atomic mass is 10.2. The van der Waals surface area contributed by atoms with Crippen molar-refractivity contribution in [3.05, 3.63) is 34.3 Å². The van der Waals surface area contributed by atoms with Crippen LogP contribution >= 0.6 is 39.9 Å². The van der Waals surface area contributed by atoms with E-state index in [9.17, 15) is 13.2 Å². The van der Waals surface area contributed by atoms with Crippen LogP contribution in [0.25, 0.3) is 0 Å². The van der Waals surface area contributed by atoms with Crippen molar-refractivity contribution < 1.29 is 13.2 Å². The average Bonchev–Trinajstić information content (AvgIpc) is 2.90. The van der Waals surface area contributed by atoms with Crippen molar-refractivity contribution >= 4 is 45.9 Å². The van der Waals surface area contributed by atoms with Gasteiger partial charge in [-0.1, -0.05) is 28.1 Å². The summed E-state index contributed by atoms with van der Waals surface area (Å²) in [7, 11) is 1.65. The lowest BCUT2D eigenvalue weighted by Gasteiger charge is -2.19. The number of halogens is 5. The first kappa shape index (κ1) is 21.5. The first-order valence-electron chi connectivity index (χ1n) is 7.36. The van der Waals surface area contributed by atoms with Crippen LogP contribution < -0.4 is 10.6 Å². The van der Waals surface area contributed by atoms with Crippen LogP contribution in [0.1, 0.15) is 12.0 Å². The molecule has 0 saturated carbocycles. The van der Waals surface area contributed by atoms with E-state index in [2.05, 4.69) is 31.6 Å². The summed E-state index contributed by atoms with van der Waals surface area (Å²) >= 11 is 3.38. The molecule has 24 heavy (non-hydrogen) atoms. The average molecular weight is 521 g/mol. The van der Waals surface area contributed by atoms with E-state index in [0.717, 1.165) is 10.0 Å². The number of nitrogens with one attached hydrogen (secondary N) is 2. The molecule has 0 bridgehead atoms. The fraction of sp³-hybridized carbons (Fsp3) is 0.533. The number of rotatable bonds is 4. The Hall–Kier alpha value is -0.550. The van der Waals surface area contributed by atoms with E-state index in [1.165, 1.54) is 4.90 Å². The Labute approximate surface area is 165 Å². The van der Waals surface area contributed by atoms with Gasteiger partial charge in [0.15, 0.2) is 5.96 Å². The second-order valence-electron chi connectivity index (χ2n) is 5.53. The van der Waals surface area contributed by atoms with Crippen LogP contribution in [-0.4, -0.2) is 49.8 Å². The molecule has 1 aliphatic heterocycles. The normalized spacial score (nSPS) is 19.0. The molecule has 9 heteroatoms. The highest BCUT2D eigenvalue weighted by atomic mass is 127. The molecule has 1 atom stereocenters. The Balaban J connectivity index is 0.00000288. The van der Waals surface area contributed by atoms with Gasteiger partial charge in [-0.15, -0.1) is 24.0 Å². The summed E-state index contributed by atoms with van der Waals surface area (Å²) in [5.74, 6) is 0.603. The van der Waals surface area contributed by atoms with Crippen LogP contribution in [0.5, 0.6) is 0 Å². The summed E-state index contributed by atoms with van der Waals surface area (Å²) in [6.45, 7) is 0.571. The predicted molar refractivity (Wildman–Crippen MR) is 104 cm³/mol. The first-order chi connectivity index (χ1) is 10.9. The van der Waals surface area contributed by atoms with Gasteiger partial charge in [0.2, 0.25) is 0 Å². The molecule has 1 aromatic rings. The Kier molecular flexibility index (Phi) is 8.78. The lowest BCUT2D eigenvalue weighted by Crippen LogP contribution is -2.44. The lowest BCUT2D eigenvalue weighted by molar-refractivity contribution is -0.143. The van der Waals surface area contributed by atoms with Crippen molar-refractivity contribution in [3.63, 3.8) is 0 Å². The van der Waals surface area contributed by atoms with Crippen molar-refractivity contribution in [2.75, 3.05) is 26.7 Å². The highest BCUT2D eigenvalue weighted by Gasteiger charge is 2.34. The van der Waals surface area contributed by atoms with Crippen LogP contribution in [0.15, 0.2) is 33.7 Å². The zero-order chi connectivity index (χ0) is 16.9. The van der Waals surface area contributed by atoms with Gasteiger partial charge in [-0.2, -0.15) is 13.2 Å². The van der Waals surface area contributed by atoms with Crippen molar-refractivity contribution in [2.45, 2.75) is 25.2 Å². The third-order valence-electron chi connectivity index (χ3n) is 3.61. The highest BCUT2D eigenvalue weighted by Crippen LogP contribution is 2.19. The van der Waals surface area contributed by atoms with Gasteiger partial charge in [0.1, 0.15) is 0 Å². The number of aliphatic imine (C=N–C) groups is 1. The molecule has 1 aliphatic rings. The van der Waals surface area contributed by atoms with Crippen LogP contribution in [0.4, 0.5) is 13.2 Å². The highest BCUT2D eigenvalue weighted by molar-refractivity contribution is 14.0. The summed E-state index contributed by atoms with van der Waals surface area (Å²) in [6.07, 6.45) is -3.47. The SMILES string of the molecule is CN=C(NCc1ccc(Br)cc1)NC1CCN(CC(F)(F)F)C1.I. The molecule has 0 aromatic heterocycles. The van der Waals surface area contributed by atoms with Crippen molar-refractivity contribution in [2.24, 2.45) is 4.99 Å². The summed E-state index contributed by atoms with van der Waals surface area (Å²) in [5, 5.41) is 6.36. The summed E-state index contributed by atoms with van der Waals surface area (Å²) < 4.78 is 38.2. The first-order valence-corrected chi connectivity index (χ1v) is 8.16. The summed E-state index contributed by atoms with van der Waals surface area (Å²) in [6, 6.07) is 7.88. The molecule has 1 aromatic carbocycles. The maximum atomic E-state index is 12.4. The minimum absolute atomic E-state index is 0. The Morgan fingerprint density at radius 1 is 1.33 bits per heavy atom. The number of benzene rings is 1. The van der Waals surface area contributed by atoms with Crippen LogP contribution in [0, 0.1) is 0 Å². The summed E-state index contributed by atoms with van der Waals surface area (Å²) in [4.78, 5) is 5.54. The quantitative estimate of drug-likeness (QED) is 0.363. The fourth-order valence-electron chi connectivity index (χ4n) is 2.52. The zero-order valence-corrected chi connectivity index (χ0v) is 17.2. The van der Waals surface area contributed by atoms with Gasteiger partial charge in [-0.25, -0.2) is 0 Å². The standard InChI is InChI=1S/C15H20BrF3N4.HI/c1-20-14(21-8-11-2-4-12(16)5-3-11)22-13-6-7-23(9-13)10-15(17,18)19;/h2-5,13H,6-10H2,1H3,(H2,20,21,22);1H. The number of hydrogen-bond acceptors (Lipinski definition) is 2. The Morgan fingerprint density at radius 2 is 2.00 bits per heavy atom. The minimum Gasteiger partial charge on any atom is -0.352 e. The monoisotopic (exact) mass is 520 g/mol. The van der Waals surface area contributed by atoms with Gasteiger partial charge in [0, 0.05) is 37.2 Å². The van der Waals surface area contributed by atoms with Crippen LogP contribution in [0.2, 0.25) is 0 Å². The van der Waals surface area contributed by atoms with E-state index in [1.807, 2.05) is 24.3 Å². The van der Waals surface area contributed by atoms with Crippen LogP contribution in [0.3, 0.4) is 0 Å². The zero-order valence-electron chi connectivity index (χ0n) is 13.2. The Bertz CT molecular complexity index is 537. The maximum absolute atomic E-state index is 12.4. The molecule has 2 N–H and O–H groups in total. The smallest absolute Gasteiger partial charge is 0.352 e. The third-order valence-corrected chi connectivity index (χ3v) is 4.14. The second-order valence-corrected chi connectivity index (χ2v) is 6.45. The molecule has 136 valence electrons. The molecular weight excluding hydrogens is 500 g/mol. The van der Waals surface area contributed by atoms with Crippen molar-refractivity contribution in [1.29, 1.82) is 0 Å². The number of alkyl halides is 3. The topological polar surface area (TPSA) is 39.7 Å². The van der Waals surface area contributed by atoms with Gasteiger partial charge in [-0.05, 0) is 24.1 Å². The van der Waals surface area contributed by atoms with E-state index < -0.39 is 12.7 Å². The maximum Gasteiger partial charge on any atom is 0.401 e. The second kappa shape index (κ2) is 9.81. The fourth-order valence-corrected chi connectivity index (χ4v) is 2.79. The van der Waals surface area contributed by atoms with Gasteiger partial charge < -0.3 is 10.6 Å². The molecular formula is C15H21BrF3IN4. The van der Waals surface area contributed by atoms with Gasteiger partial charge in [0.25, 0.3) is 0 Å². The van der Waals surface area contributed by atoms with Crippen molar-refractivity contribution in [3.8, 4) is 0 Å². The minimum atomic E-state index is -4.14. The molecule has 0 spiro atoms. The van der Waals surface area contributed by atoms with E-state index in [-0.39, 0.29) is 30.0 Å².